The first-order chi connectivity index (χ1) is 10.2. The molecule has 0 spiro atoms. The van der Waals surface area contributed by atoms with E-state index >= 15 is 0 Å². The number of nitrogens with one attached hydrogen (secondary N) is 1. The third kappa shape index (κ3) is 9.62. The van der Waals surface area contributed by atoms with Crippen LogP contribution in [0, 0.1) is 0 Å². The fraction of sp³-hybridized carbons (Fsp3) is 1.00. The van der Waals surface area contributed by atoms with Crippen LogP contribution in [0.25, 0.3) is 0 Å². The molecule has 2 aliphatic rings. The number of nitrogens with two attached hydrogens (primary N) is 1. The molecule has 2 saturated carbocycles. The maximum absolute atomic E-state index is 10.8. The smallest absolute Gasteiger partial charge is 0.208 e. The molecule has 0 aromatic carbocycles. The van der Waals surface area contributed by atoms with Gasteiger partial charge in [0.15, 0.2) is 0 Å². The third-order valence-corrected chi connectivity index (χ3v) is 5.28. The molecule has 0 heterocycles. The molecule has 6 nitrogen and oxygen atoms in total. The lowest BCUT2D eigenvalue weighted by Gasteiger charge is -2.31. The second kappa shape index (κ2) is 9.93. The first kappa shape index (κ1) is 22.8. The van der Waals surface area contributed by atoms with E-state index in [4.69, 9.17) is 5.73 Å². The lowest BCUT2D eigenvalue weighted by Crippen LogP contribution is -2.43. The van der Waals surface area contributed by atoms with Gasteiger partial charge < -0.3 is 15.9 Å². The van der Waals surface area contributed by atoms with Crippen molar-refractivity contribution in [3.05, 3.63) is 0 Å². The summed E-state index contributed by atoms with van der Waals surface area (Å²) in [7, 11) is -3.17. The highest BCUT2D eigenvalue weighted by atomic mass is 32.2. The van der Waals surface area contributed by atoms with Crippen LogP contribution in [-0.2, 0) is 10.0 Å². The van der Waals surface area contributed by atoms with Gasteiger partial charge in [-0.2, -0.15) is 0 Å². The van der Waals surface area contributed by atoms with Gasteiger partial charge in [0.1, 0.15) is 0 Å². The van der Waals surface area contributed by atoms with E-state index in [-0.39, 0.29) is 14.0 Å². The molecule has 7 heteroatoms. The number of sulfonamides is 1. The monoisotopic (exact) mass is 352 g/mol. The summed E-state index contributed by atoms with van der Waals surface area (Å²) in [6.45, 7) is 0.596. The molecule has 23 heavy (non-hydrogen) atoms. The minimum Gasteiger partial charge on any atom is -0.389 e. The first-order valence-electron chi connectivity index (χ1n) is 8.28. The van der Waals surface area contributed by atoms with E-state index in [1.165, 1.54) is 6.42 Å². The molecule has 0 aliphatic heterocycles. The average Bonchev–Trinajstić information content (AvgIpc) is 2.47. The van der Waals surface area contributed by atoms with Crippen molar-refractivity contribution in [3.8, 4) is 0 Å². The maximum atomic E-state index is 10.8. The lowest BCUT2D eigenvalue weighted by molar-refractivity contribution is 0.00945. The maximum Gasteiger partial charge on any atom is 0.208 e. The van der Waals surface area contributed by atoms with E-state index in [1.807, 2.05) is 0 Å². The number of rotatable bonds is 4. The van der Waals surface area contributed by atoms with Crippen molar-refractivity contribution in [2.24, 2.45) is 5.73 Å². The van der Waals surface area contributed by atoms with Crippen molar-refractivity contribution in [2.75, 3.05) is 19.3 Å². The van der Waals surface area contributed by atoms with E-state index < -0.39 is 21.2 Å². The van der Waals surface area contributed by atoms with Gasteiger partial charge in [-0.25, -0.2) is 13.1 Å². The molecule has 0 unspecified atom stereocenters. The average molecular weight is 353 g/mol. The number of hydrogen-bond donors (Lipinski definition) is 4. The standard InChI is InChI=1S/C8H17NO3S.C7H15NO.CH4/c1-13(11,12)9-7-8(10)5-3-2-4-6-8;8-6-7(9)4-2-1-3-5-7;/h9-10H,2-7H2,1H3;9H,1-6,8H2;1H4. The van der Waals surface area contributed by atoms with Crippen molar-refractivity contribution in [3.63, 3.8) is 0 Å². The lowest BCUT2D eigenvalue weighted by atomic mass is 9.85. The van der Waals surface area contributed by atoms with E-state index in [9.17, 15) is 18.6 Å². The van der Waals surface area contributed by atoms with Gasteiger partial charge >= 0.3 is 0 Å². The zero-order valence-electron chi connectivity index (χ0n) is 13.7. The fourth-order valence-electron chi connectivity index (χ4n) is 3.07. The quantitative estimate of drug-likeness (QED) is 0.612. The summed E-state index contributed by atoms with van der Waals surface area (Å²) in [6, 6.07) is 0. The largest absolute Gasteiger partial charge is 0.389 e. The number of hydrogen-bond acceptors (Lipinski definition) is 5. The summed E-state index contributed by atoms with van der Waals surface area (Å²) >= 11 is 0. The molecule has 0 saturated heterocycles. The van der Waals surface area contributed by atoms with Gasteiger partial charge in [-0.3, -0.25) is 0 Å². The Balaban J connectivity index is 0.000000427. The van der Waals surface area contributed by atoms with Crippen LogP contribution in [0.4, 0.5) is 0 Å². The summed E-state index contributed by atoms with van der Waals surface area (Å²) in [5.74, 6) is 0. The summed E-state index contributed by atoms with van der Waals surface area (Å²) in [5, 5.41) is 19.5. The summed E-state index contributed by atoms with van der Waals surface area (Å²) in [5.41, 5.74) is 4.08. The molecule has 0 atom stereocenters. The molecule has 0 radical (unpaired) electrons. The molecule has 5 N–H and O–H groups in total. The third-order valence-electron chi connectivity index (χ3n) is 4.61. The van der Waals surface area contributed by atoms with Gasteiger partial charge in [0, 0.05) is 13.1 Å². The second-order valence-electron chi connectivity index (χ2n) is 6.87. The minimum absolute atomic E-state index is 0. The molecule has 0 aromatic rings. The van der Waals surface area contributed by atoms with Crippen LogP contribution in [-0.4, -0.2) is 49.2 Å². The molecule has 140 valence electrons. The van der Waals surface area contributed by atoms with Gasteiger partial charge in [-0.05, 0) is 25.7 Å². The zero-order valence-corrected chi connectivity index (χ0v) is 14.5. The van der Waals surface area contributed by atoms with Crippen LogP contribution in [0.5, 0.6) is 0 Å². The van der Waals surface area contributed by atoms with E-state index in [1.54, 1.807) is 0 Å². The van der Waals surface area contributed by atoms with E-state index in [2.05, 4.69) is 4.72 Å². The van der Waals surface area contributed by atoms with Crippen molar-refractivity contribution in [1.29, 1.82) is 0 Å². The highest BCUT2D eigenvalue weighted by Crippen LogP contribution is 2.27. The molecule has 2 aliphatic carbocycles. The summed E-state index contributed by atoms with van der Waals surface area (Å²) < 4.78 is 23.9. The first-order valence-corrected chi connectivity index (χ1v) is 10.2. The van der Waals surface area contributed by atoms with Crippen LogP contribution >= 0.6 is 0 Å². The molecule has 2 fully saturated rings. The van der Waals surface area contributed by atoms with Crippen LogP contribution in [0.1, 0.15) is 71.6 Å². The Bertz CT molecular complexity index is 414. The molecule has 0 amide bonds. The Morgan fingerprint density at radius 2 is 1.30 bits per heavy atom. The summed E-state index contributed by atoms with van der Waals surface area (Å²) in [4.78, 5) is 0. The van der Waals surface area contributed by atoms with Crippen LogP contribution in [0.15, 0.2) is 0 Å². The predicted octanol–water partition coefficient (Wildman–Crippen LogP) is 1.51. The molecule has 0 aromatic heterocycles. The Labute approximate surface area is 141 Å². The highest BCUT2D eigenvalue weighted by molar-refractivity contribution is 7.88. The van der Waals surface area contributed by atoms with Crippen molar-refractivity contribution < 1.29 is 18.6 Å². The van der Waals surface area contributed by atoms with Crippen LogP contribution in [0.3, 0.4) is 0 Å². The Morgan fingerprint density at radius 1 is 0.913 bits per heavy atom. The SMILES string of the molecule is C.CS(=O)(=O)NCC1(O)CCCCC1.NCC1(O)CCCCC1. The van der Waals surface area contributed by atoms with Crippen molar-refractivity contribution in [2.45, 2.75) is 82.8 Å². The highest BCUT2D eigenvalue weighted by Gasteiger charge is 2.29. The molecular weight excluding hydrogens is 316 g/mol. The Kier molecular flexibility index (Phi) is 9.84. The van der Waals surface area contributed by atoms with Crippen LogP contribution in [0.2, 0.25) is 0 Å². The van der Waals surface area contributed by atoms with Gasteiger partial charge in [-0.15, -0.1) is 0 Å². The van der Waals surface area contributed by atoms with Crippen molar-refractivity contribution in [1.82, 2.24) is 4.72 Å². The predicted molar refractivity (Wildman–Crippen MR) is 94.7 cm³/mol. The fourth-order valence-corrected chi connectivity index (χ4v) is 3.60. The van der Waals surface area contributed by atoms with E-state index in [0.29, 0.717) is 19.4 Å². The molecule has 0 bridgehead atoms. The molecule has 2 rings (SSSR count). The van der Waals surface area contributed by atoms with Gasteiger partial charge in [-0.1, -0.05) is 46.0 Å². The zero-order chi connectivity index (χ0) is 16.7. The minimum atomic E-state index is -3.17. The molecular formula is C16H36N2O4S. The Morgan fingerprint density at radius 3 is 1.61 bits per heavy atom. The summed E-state index contributed by atoms with van der Waals surface area (Å²) in [6.07, 6.45) is 11.0. The topological polar surface area (TPSA) is 113 Å². The van der Waals surface area contributed by atoms with E-state index in [0.717, 1.165) is 51.2 Å². The van der Waals surface area contributed by atoms with Gasteiger partial charge in [0.25, 0.3) is 0 Å². The van der Waals surface area contributed by atoms with Crippen molar-refractivity contribution >= 4 is 10.0 Å². The second-order valence-corrected chi connectivity index (χ2v) is 8.70. The Hall–Kier alpha value is -0.210. The van der Waals surface area contributed by atoms with Gasteiger partial charge in [0.05, 0.1) is 17.5 Å². The normalized spacial score (nSPS) is 23.1. The number of aliphatic hydroxyl groups is 2. The van der Waals surface area contributed by atoms with Crippen LogP contribution < -0.4 is 10.5 Å². The van der Waals surface area contributed by atoms with Gasteiger partial charge in [0.2, 0.25) is 10.0 Å².